The van der Waals surface area contributed by atoms with Crippen LogP contribution in [0.5, 0.6) is 11.5 Å². The maximum absolute atomic E-state index is 14.2. The highest BCUT2D eigenvalue weighted by atomic mass is 19.1. The first-order valence-corrected chi connectivity index (χ1v) is 14.0. The predicted molar refractivity (Wildman–Crippen MR) is 159 cm³/mol. The van der Waals surface area contributed by atoms with Crippen molar-refractivity contribution in [3.8, 4) is 11.5 Å². The van der Waals surface area contributed by atoms with Crippen molar-refractivity contribution in [1.82, 2.24) is 14.9 Å². The van der Waals surface area contributed by atoms with Crippen molar-refractivity contribution in [2.45, 2.75) is 26.3 Å². The Balaban J connectivity index is 1.30. The molecule has 11 nitrogen and oxygen atoms in total. The van der Waals surface area contributed by atoms with Crippen molar-refractivity contribution >= 4 is 35.4 Å². The number of nitrogens with zero attached hydrogens (tertiary/aromatic N) is 5. The number of anilines is 4. The molecule has 3 aromatic rings. The fraction of sp³-hybridized carbons (Fsp3) is 0.400. The summed E-state index contributed by atoms with van der Waals surface area (Å²) in [6.07, 6.45) is 5.24. The lowest BCUT2D eigenvalue weighted by Crippen LogP contribution is -2.31. The molecule has 0 radical (unpaired) electrons. The Kier molecular flexibility index (Phi) is 8.72. The highest BCUT2D eigenvalue weighted by molar-refractivity contribution is 5.89. The molecule has 5 rings (SSSR count). The molecule has 2 fully saturated rings. The molecule has 12 heteroatoms. The number of likely N-dealkylation sites (tertiary alicyclic amines) is 1. The Bertz CT molecular complexity index is 1440. The summed E-state index contributed by atoms with van der Waals surface area (Å²) in [7, 11) is 3.11. The zero-order valence-electron chi connectivity index (χ0n) is 24.1. The highest BCUT2D eigenvalue weighted by Gasteiger charge is 2.44. The molecule has 2 aliphatic heterocycles. The number of carbonyl (C=O) groups is 2. The van der Waals surface area contributed by atoms with Crippen LogP contribution in [0.15, 0.2) is 48.9 Å². The van der Waals surface area contributed by atoms with Crippen LogP contribution in [0.2, 0.25) is 0 Å². The maximum Gasteiger partial charge on any atom is 0.414 e. The zero-order valence-corrected chi connectivity index (χ0v) is 24.1. The average Bonchev–Trinajstić information content (AvgIpc) is 3.60. The van der Waals surface area contributed by atoms with E-state index >= 15 is 0 Å². The second-order valence-corrected chi connectivity index (χ2v) is 10.7. The van der Waals surface area contributed by atoms with Crippen LogP contribution in [0.4, 0.5) is 32.1 Å². The van der Waals surface area contributed by atoms with Gasteiger partial charge in [-0.2, -0.15) is 0 Å². The fourth-order valence-corrected chi connectivity index (χ4v) is 5.99. The molecule has 42 heavy (non-hydrogen) atoms. The van der Waals surface area contributed by atoms with Gasteiger partial charge in [-0.3, -0.25) is 14.6 Å². The number of hydrogen-bond donors (Lipinski definition) is 2. The number of methoxy groups -OCH3 is 1. The van der Waals surface area contributed by atoms with E-state index in [1.807, 2.05) is 19.2 Å². The van der Waals surface area contributed by atoms with Gasteiger partial charge in [0.25, 0.3) is 0 Å². The number of amides is 2. The number of ether oxygens (including phenoxy) is 2. The average molecular weight is 578 g/mol. The van der Waals surface area contributed by atoms with Gasteiger partial charge in [0.05, 0.1) is 30.4 Å². The molecule has 1 atom stereocenters. The summed E-state index contributed by atoms with van der Waals surface area (Å²) in [4.78, 5) is 38.1. The molecule has 2 amide bonds. The van der Waals surface area contributed by atoms with Crippen molar-refractivity contribution in [2.75, 3.05) is 67.3 Å². The molecule has 2 aliphatic rings. The number of carbonyl (C=O) groups excluding carboxylic acids is 2. The Morgan fingerprint density at radius 1 is 1.14 bits per heavy atom. The third kappa shape index (κ3) is 6.08. The van der Waals surface area contributed by atoms with E-state index in [9.17, 15) is 14.0 Å². The van der Waals surface area contributed by atoms with E-state index in [1.165, 1.54) is 36.5 Å². The Morgan fingerprint density at radius 2 is 1.98 bits per heavy atom. The molecule has 2 saturated heterocycles. The van der Waals surface area contributed by atoms with Crippen LogP contribution in [-0.4, -0.2) is 74.3 Å². The number of hydrogen-bond acceptors (Lipinski definition) is 9. The van der Waals surface area contributed by atoms with Gasteiger partial charge in [-0.25, -0.2) is 19.2 Å². The van der Waals surface area contributed by atoms with Crippen molar-refractivity contribution in [2.24, 2.45) is 5.41 Å². The first kappa shape index (κ1) is 29.1. The van der Waals surface area contributed by atoms with Crippen LogP contribution in [-0.2, 0) is 16.1 Å². The topological polar surface area (TPSA) is 112 Å². The molecule has 1 unspecified atom stereocenters. The van der Waals surface area contributed by atoms with E-state index in [-0.39, 0.29) is 17.6 Å². The first-order chi connectivity index (χ1) is 20.4. The maximum atomic E-state index is 14.2. The molecule has 0 bridgehead atoms. The predicted octanol–water partition coefficient (Wildman–Crippen LogP) is 4.71. The summed E-state index contributed by atoms with van der Waals surface area (Å²) < 4.78 is 25.4. The summed E-state index contributed by atoms with van der Waals surface area (Å²) in [5.74, 6) is 0.890. The van der Waals surface area contributed by atoms with Gasteiger partial charge in [-0.1, -0.05) is 6.07 Å². The Labute approximate surface area is 244 Å². The van der Waals surface area contributed by atoms with Gasteiger partial charge in [0.15, 0.2) is 17.3 Å². The Hall–Kier alpha value is -4.45. The minimum Gasteiger partial charge on any atom is -0.452 e. The summed E-state index contributed by atoms with van der Waals surface area (Å²) >= 11 is 0. The summed E-state index contributed by atoms with van der Waals surface area (Å²) in [6, 6.07) is 10.1. The molecule has 2 N–H and O–H groups in total. The smallest absolute Gasteiger partial charge is 0.414 e. The van der Waals surface area contributed by atoms with Crippen molar-refractivity contribution in [3.63, 3.8) is 0 Å². The van der Waals surface area contributed by atoms with E-state index in [4.69, 9.17) is 9.47 Å². The molecule has 0 aliphatic carbocycles. The zero-order chi connectivity index (χ0) is 29.7. The van der Waals surface area contributed by atoms with Gasteiger partial charge in [-0.15, -0.1) is 0 Å². The molecular weight excluding hydrogens is 541 g/mol. The summed E-state index contributed by atoms with van der Waals surface area (Å²) in [6.45, 7) is 6.38. The van der Waals surface area contributed by atoms with Crippen molar-refractivity contribution in [3.05, 3.63) is 60.3 Å². The molecule has 222 valence electrons. The fourth-order valence-electron chi connectivity index (χ4n) is 5.99. The Morgan fingerprint density at radius 3 is 2.74 bits per heavy atom. The second-order valence-electron chi connectivity index (χ2n) is 10.7. The number of halogens is 1. The lowest BCUT2D eigenvalue weighted by atomic mass is 9.86. The van der Waals surface area contributed by atoms with Gasteiger partial charge >= 0.3 is 6.09 Å². The van der Waals surface area contributed by atoms with E-state index < -0.39 is 11.9 Å². The van der Waals surface area contributed by atoms with Crippen molar-refractivity contribution < 1.29 is 23.5 Å². The van der Waals surface area contributed by atoms with E-state index in [2.05, 4.69) is 36.5 Å². The van der Waals surface area contributed by atoms with E-state index in [0.29, 0.717) is 23.7 Å². The number of rotatable bonds is 10. The minimum atomic E-state index is -0.612. The third-order valence-electron chi connectivity index (χ3n) is 8.03. The van der Waals surface area contributed by atoms with E-state index in [0.717, 1.165) is 62.5 Å². The standard InChI is InChI=1S/C30H36FN7O4/c1-4-38(29(40)41-3)25-14-22(31)6-8-26(25)42-27-15-33-19-34-28(27)37-12-10-30(18-37)9-11-36(17-30)16-21-5-7-23(32-2)24(13-21)35-20-39/h5-8,13-15,19-20,32H,4,9-12,16-18H2,1-3H3,(H,35,39). The van der Waals surface area contributed by atoms with Gasteiger partial charge < -0.3 is 25.0 Å². The lowest BCUT2D eigenvalue weighted by Gasteiger charge is -2.26. The monoisotopic (exact) mass is 577 g/mol. The van der Waals surface area contributed by atoms with Crippen molar-refractivity contribution in [1.29, 1.82) is 0 Å². The number of benzene rings is 2. The SMILES string of the molecule is CCN(C(=O)OC)c1cc(F)ccc1Oc1cncnc1N1CCC2(CCN(Cc3ccc(NC)c(NC=O)c3)C2)C1. The molecule has 1 aromatic heterocycles. The summed E-state index contributed by atoms with van der Waals surface area (Å²) in [5.41, 5.74) is 3.15. The van der Waals surface area contributed by atoms with Crippen LogP contribution >= 0.6 is 0 Å². The minimum absolute atomic E-state index is 0.113. The normalized spacial score (nSPS) is 18.2. The molecule has 3 heterocycles. The van der Waals surface area contributed by atoms with Crippen LogP contribution in [0, 0.1) is 11.2 Å². The first-order valence-electron chi connectivity index (χ1n) is 14.0. The number of nitrogens with one attached hydrogen (secondary N) is 2. The molecule has 2 aromatic carbocycles. The van der Waals surface area contributed by atoms with Crippen LogP contribution in [0.1, 0.15) is 25.3 Å². The van der Waals surface area contributed by atoms with Crippen LogP contribution in [0.25, 0.3) is 0 Å². The van der Waals surface area contributed by atoms with Crippen LogP contribution < -0.4 is 25.2 Å². The molecule has 1 spiro atoms. The van der Waals surface area contributed by atoms with E-state index in [1.54, 1.807) is 13.1 Å². The van der Waals surface area contributed by atoms with Crippen LogP contribution in [0.3, 0.4) is 0 Å². The highest BCUT2D eigenvalue weighted by Crippen LogP contribution is 2.44. The lowest BCUT2D eigenvalue weighted by molar-refractivity contribution is -0.105. The second kappa shape index (κ2) is 12.6. The van der Waals surface area contributed by atoms with Gasteiger partial charge in [0.1, 0.15) is 12.1 Å². The third-order valence-corrected chi connectivity index (χ3v) is 8.03. The molecule has 0 saturated carbocycles. The summed E-state index contributed by atoms with van der Waals surface area (Å²) in [5, 5.41) is 5.88. The van der Waals surface area contributed by atoms with Gasteiger partial charge in [0, 0.05) is 51.3 Å². The quantitative estimate of drug-likeness (QED) is 0.331. The van der Waals surface area contributed by atoms with Gasteiger partial charge in [-0.05, 0) is 56.1 Å². The molecular formula is C30H36FN7O4. The largest absolute Gasteiger partial charge is 0.452 e. The van der Waals surface area contributed by atoms with Gasteiger partial charge in [0.2, 0.25) is 6.41 Å². The number of aromatic nitrogens is 2.